The van der Waals surface area contributed by atoms with E-state index in [1.54, 1.807) is 32.1 Å². The predicted octanol–water partition coefficient (Wildman–Crippen LogP) is 2.56. The van der Waals surface area contributed by atoms with Gasteiger partial charge >= 0.3 is 0 Å². The number of carboxylic acids is 1. The van der Waals surface area contributed by atoms with Crippen molar-refractivity contribution in [3.05, 3.63) is 51.3 Å². The first-order valence-electron chi connectivity index (χ1n) is 7.34. The molecule has 0 radical (unpaired) electrons. The number of methoxy groups -OCH3 is 2. The maximum absolute atomic E-state index is 12.4. The van der Waals surface area contributed by atoms with Gasteiger partial charge in [0, 0.05) is 11.3 Å². The number of ketones is 1. The minimum absolute atomic E-state index is 0.0941. The highest BCUT2D eigenvalue weighted by atomic mass is 35.5. The maximum Gasteiger partial charge on any atom is 0.187 e. The van der Waals surface area contributed by atoms with Gasteiger partial charge in [-0.1, -0.05) is 17.7 Å². The first-order valence-corrected chi connectivity index (χ1v) is 7.72. The minimum Gasteiger partial charge on any atom is -0.543 e. The summed E-state index contributed by atoms with van der Waals surface area (Å²) in [5, 5.41) is 11.4. The Morgan fingerprint density at radius 3 is 2.40 bits per heavy atom. The second-order valence-corrected chi connectivity index (χ2v) is 5.76. The number of rotatable bonds is 6. The molecule has 2 aromatic rings. The standard InChI is InChI=1S/C18H18ClNO5/c1-9-15(10(2)20-16(9)18(22)23)13(21)6-5-11-7-12(19)17(25-4)14(8-11)24-3/h5-8,20H,1-4H3,(H,22,23)/p-1/b6-5+. The molecule has 7 heteroatoms. The summed E-state index contributed by atoms with van der Waals surface area (Å²) >= 11 is 6.13. The fraction of sp³-hybridized carbons (Fsp3) is 0.222. The molecular weight excluding hydrogens is 346 g/mol. The molecule has 0 aliphatic rings. The molecule has 1 heterocycles. The van der Waals surface area contributed by atoms with E-state index in [0.29, 0.717) is 38.9 Å². The van der Waals surface area contributed by atoms with Crippen molar-refractivity contribution in [2.45, 2.75) is 13.8 Å². The zero-order valence-corrected chi connectivity index (χ0v) is 15.0. The second-order valence-electron chi connectivity index (χ2n) is 5.35. The van der Waals surface area contributed by atoms with Gasteiger partial charge in [-0.3, -0.25) is 4.79 Å². The zero-order chi connectivity index (χ0) is 18.7. The number of hydrogen-bond donors (Lipinski definition) is 1. The molecule has 1 aromatic heterocycles. The van der Waals surface area contributed by atoms with Crippen LogP contribution in [0.1, 0.15) is 37.7 Å². The Kier molecular flexibility index (Phi) is 5.54. The van der Waals surface area contributed by atoms with Crippen molar-refractivity contribution in [1.29, 1.82) is 0 Å². The number of ether oxygens (including phenoxy) is 2. The van der Waals surface area contributed by atoms with E-state index >= 15 is 0 Å². The molecule has 0 atom stereocenters. The van der Waals surface area contributed by atoms with Gasteiger partial charge in [-0.05, 0) is 43.2 Å². The van der Waals surface area contributed by atoms with Gasteiger partial charge in [-0.2, -0.15) is 0 Å². The molecule has 132 valence electrons. The molecular formula is C18H17ClNO5-. The normalized spacial score (nSPS) is 10.9. The van der Waals surface area contributed by atoms with Crippen LogP contribution >= 0.6 is 11.6 Å². The monoisotopic (exact) mass is 362 g/mol. The van der Waals surface area contributed by atoms with Gasteiger partial charge < -0.3 is 24.4 Å². The second kappa shape index (κ2) is 7.44. The number of halogens is 1. The number of carbonyl (C=O) groups excluding carboxylic acids is 2. The quantitative estimate of drug-likeness (QED) is 0.630. The van der Waals surface area contributed by atoms with Crippen LogP contribution in [0, 0.1) is 13.8 Å². The van der Waals surface area contributed by atoms with E-state index in [9.17, 15) is 14.7 Å². The molecule has 0 saturated heterocycles. The van der Waals surface area contributed by atoms with Crippen molar-refractivity contribution in [2.75, 3.05) is 14.2 Å². The third kappa shape index (κ3) is 3.69. The van der Waals surface area contributed by atoms with Gasteiger partial charge in [-0.15, -0.1) is 0 Å². The van der Waals surface area contributed by atoms with E-state index in [0.717, 1.165) is 0 Å². The van der Waals surface area contributed by atoms with Gasteiger partial charge in [0.25, 0.3) is 0 Å². The first kappa shape index (κ1) is 18.6. The number of aromatic amines is 1. The van der Waals surface area contributed by atoms with E-state index in [2.05, 4.69) is 4.98 Å². The lowest BCUT2D eigenvalue weighted by atomic mass is 10.0. The number of allylic oxidation sites excluding steroid dienone is 1. The molecule has 0 amide bonds. The van der Waals surface area contributed by atoms with E-state index in [1.807, 2.05) is 0 Å². The molecule has 0 aliphatic heterocycles. The zero-order valence-electron chi connectivity index (χ0n) is 14.2. The molecule has 1 aromatic carbocycles. The summed E-state index contributed by atoms with van der Waals surface area (Å²) < 4.78 is 10.4. The summed E-state index contributed by atoms with van der Waals surface area (Å²) in [6.07, 6.45) is 2.92. The number of carbonyl (C=O) groups is 2. The highest BCUT2D eigenvalue weighted by Crippen LogP contribution is 2.36. The molecule has 0 spiro atoms. The summed E-state index contributed by atoms with van der Waals surface area (Å²) in [5.74, 6) is -0.834. The molecule has 0 saturated carbocycles. The van der Waals surface area contributed by atoms with Crippen LogP contribution < -0.4 is 14.6 Å². The van der Waals surface area contributed by atoms with E-state index < -0.39 is 5.97 Å². The van der Waals surface area contributed by atoms with Crippen LogP contribution in [0.2, 0.25) is 5.02 Å². The predicted molar refractivity (Wildman–Crippen MR) is 92.5 cm³/mol. The minimum atomic E-state index is -1.35. The Labute approximate surface area is 150 Å². The van der Waals surface area contributed by atoms with Gasteiger partial charge in [0.1, 0.15) is 0 Å². The first-order chi connectivity index (χ1) is 11.8. The molecule has 1 N–H and O–H groups in total. The molecule has 0 bridgehead atoms. The summed E-state index contributed by atoms with van der Waals surface area (Å²) in [7, 11) is 2.97. The number of carboxylic acid groups (broad SMARTS) is 1. The summed E-state index contributed by atoms with van der Waals surface area (Å²) in [6, 6.07) is 3.31. The number of aromatic carboxylic acids is 1. The summed E-state index contributed by atoms with van der Waals surface area (Å²) in [5.41, 5.74) is 1.67. The van der Waals surface area contributed by atoms with Crippen LogP contribution in [0.25, 0.3) is 6.08 Å². The lowest BCUT2D eigenvalue weighted by molar-refractivity contribution is -0.255. The van der Waals surface area contributed by atoms with Crippen LogP contribution in [0.5, 0.6) is 11.5 Å². The Balaban J connectivity index is 2.36. The van der Waals surface area contributed by atoms with Gasteiger partial charge in [-0.25, -0.2) is 0 Å². The molecule has 6 nitrogen and oxygen atoms in total. The largest absolute Gasteiger partial charge is 0.543 e. The average Bonchev–Trinajstić information content (AvgIpc) is 2.86. The number of hydrogen-bond acceptors (Lipinski definition) is 5. The van der Waals surface area contributed by atoms with Crippen molar-refractivity contribution >= 4 is 29.4 Å². The highest BCUT2D eigenvalue weighted by Gasteiger charge is 2.17. The number of benzene rings is 1. The SMILES string of the molecule is COc1cc(/C=C/C(=O)c2c(C)[nH]c(C(=O)[O-])c2C)cc(Cl)c1OC. The van der Waals surface area contributed by atoms with Crippen LogP contribution in [0.15, 0.2) is 18.2 Å². The Morgan fingerprint density at radius 2 is 1.88 bits per heavy atom. The lowest BCUT2D eigenvalue weighted by Crippen LogP contribution is -2.23. The fourth-order valence-electron chi connectivity index (χ4n) is 2.61. The topological polar surface area (TPSA) is 91.5 Å². The highest BCUT2D eigenvalue weighted by molar-refractivity contribution is 6.32. The summed E-state index contributed by atoms with van der Waals surface area (Å²) in [6.45, 7) is 3.19. The molecule has 0 unspecified atom stereocenters. The van der Waals surface area contributed by atoms with E-state index in [4.69, 9.17) is 21.1 Å². The van der Waals surface area contributed by atoms with Crippen molar-refractivity contribution in [3.63, 3.8) is 0 Å². The smallest absolute Gasteiger partial charge is 0.187 e. The van der Waals surface area contributed by atoms with Crippen LogP contribution in [-0.2, 0) is 0 Å². The van der Waals surface area contributed by atoms with Crippen molar-refractivity contribution in [3.8, 4) is 11.5 Å². The Hall–Kier alpha value is -2.73. The molecule has 2 rings (SSSR count). The van der Waals surface area contributed by atoms with Crippen molar-refractivity contribution in [1.82, 2.24) is 4.98 Å². The lowest BCUT2D eigenvalue weighted by Gasteiger charge is -2.10. The Bertz CT molecular complexity index is 867. The van der Waals surface area contributed by atoms with Crippen LogP contribution in [0.4, 0.5) is 0 Å². The summed E-state index contributed by atoms with van der Waals surface area (Å²) in [4.78, 5) is 26.2. The van der Waals surface area contributed by atoms with Crippen LogP contribution in [-0.4, -0.2) is 31.0 Å². The number of nitrogens with one attached hydrogen (secondary N) is 1. The fourth-order valence-corrected chi connectivity index (χ4v) is 2.91. The number of H-pyrrole nitrogens is 1. The average molecular weight is 363 g/mol. The van der Waals surface area contributed by atoms with E-state index in [1.165, 1.54) is 20.3 Å². The van der Waals surface area contributed by atoms with Crippen LogP contribution in [0.3, 0.4) is 0 Å². The molecule has 0 aliphatic carbocycles. The van der Waals surface area contributed by atoms with E-state index in [-0.39, 0.29) is 11.5 Å². The Morgan fingerprint density at radius 1 is 1.20 bits per heavy atom. The third-order valence-electron chi connectivity index (χ3n) is 3.77. The van der Waals surface area contributed by atoms with Gasteiger partial charge in [0.2, 0.25) is 0 Å². The third-order valence-corrected chi connectivity index (χ3v) is 4.05. The van der Waals surface area contributed by atoms with Crippen molar-refractivity contribution in [2.24, 2.45) is 0 Å². The van der Waals surface area contributed by atoms with Gasteiger partial charge in [0.05, 0.1) is 30.9 Å². The molecule has 25 heavy (non-hydrogen) atoms. The number of aromatic nitrogens is 1. The molecule has 0 fully saturated rings. The number of aryl methyl sites for hydroxylation is 1. The van der Waals surface area contributed by atoms with Gasteiger partial charge in [0.15, 0.2) is 17.3 Å². The maximum atomic E-state index is 12.4. The van der Waals surface area contributed by atoms with Crippen molar-refractivity contribution < 1.29 is 24.2 Å².